The molecule has 0 aliphatic carbocycles. The van der Waals surface area contributed by atoms with Crippen LogP contribution in [0, 0.1) is 31.6 Å². The van der Waals surface area contributed by atoms with Crippen LogP contribution in [0.15, 0.2) is 34.2 Å². The van der Waals surface area contributed by atoms with Gasteiger partial charge < -0.3 is 45.0 Å². The van der Waals surface area contributed by atoms with Crippen LogP contribution in [-0.4, -0.2) is 23.6 Å². The van der Waals surface area contributed by atoms with Gasteiger partial charge in [0.25, 0.3) is 0 Å². The van der Waals surface area contributed by atoms with Crippen LogP contribution in [0.3, 0.4) is 0 Å². The van der Waals surface area contributed by atoms with E-state index >= 15 is 0 Å². The van der Waals surface area contributed by atoms with E-state index in [-0.39, 0.29) is 153 Å². The fourth-order valence-corrected chi connectivity index (χ4v) is 6.50. The molecule has 0 N–H and O–H groups in total. The molecule has 0 aromatic carbocycles. The Morgan fingerprint density at radius 3 is 2.19 bits per heavy atom. The van der Waals surface area contributed by atoms with E-state index in [0.717, 1.165) is 22.4 Å². The summed E-state index contributed by atoms with van der Waals surface area (Å²) in [5.74, 6) is -5.22. The number of hydrogen-bond acceptors (Lipinski definition) is 7. The number of aromatic nitrogens is 2. The minimum Gasteiger partial charge on any atom is -0.661 e. The maximum atomic E-state index is 12.5. The van der Waals surface area contributed by atoms with Crippen molar-refractivity contribution in [2.45, 2.75) is 60.3 Å². The van der Waals surface area contributed by atoms with E-state index < -0.39 is 30.2 Å². The van der Waals surface area contributed by atoms with Crippen molar-refractivity contribution in [3.63, 3.8) is 0 Å². The van der Waals surface area contributed by atoms with Crippen LogP contribution >= 0.6 is 0 Å². The second kappa shape index (κ2) is 18.2. The van der Waals surface area contributed by atoms with Crippen LogP contribution in [0.2, 0.25) is 0 Å². The fourth-order valence-electron chi connectivity index (χ4n) is 6.50. The van der Waals surface area contributed by atoms with Crippen molar-refractivity contribution < 1.29 is 135 Å². The molecule has 10 nitrogen and oxygen atoms in total. The largest absolute Gasteiger partial charge is 2.00 e. The molecule has 48 heavy (non-hydrogen) atoms. The van der Waals surface area contributed by atoms with E-state index in [1.54, 1.807) is 25.2 Å². The van der Waals surface area contributed by atoms with Gasteiger partial charge in [-0.05, 0) is 55.7 Å². The molecule has 5 heterocycles. The summed E-state index contributed by atoms with van der Waals surface area (Å²) in [5, 5.41) is 41.3. The number of nitrogens with zero attached hydrogens (tertiary/aromatic N) is 4. The molecule has 2 aromatic heterocycles. The van der Waals surface area contributed by atoms with Crippen LogP contribution in [0.4, 0.5) is 0 Å². The maximum Gasteiger partial charge on any atom is 2.00 e. The summed E-state index contributed by atoms with van der Waals surface area (Å²) < 4.78 is 0. The first-order valence-electron chi connectivity index (χ1n) is 14.6. The number of carbonyl (C=O) groups is 3. The Morgan fingerprint density at radius 1 is 0.958 bits per heavy atom. The molecule has 3 aliphatic heterocycles. The Labute approximate surface area is 356 Å². The third-order valence-electron chi connectivity index (χ3n) is 8.96. The summed E-state index contributed by atoms with van der Waals surface area (Å²) in [5.41, 5.74) is 6.36. The predicted octanol–water partition coefficient (Wildman–Crippen LogP) is -8.37. The van der Waals surface area contributed by atoms with E-state index in [0.29, 0.717) is 40.1 Å². The Bertz CT molecular complexity index is 1890. The molecule has 0 fully saturated rings. The molecule has 0 spiro atoms. The molecular weight excluding hydrogens is 693 g/mol. The second-order valence-electron chi connectivity index (χ2n) is 11.5. The van der Waals surface area contributed by atoms with Crippen LogP contribution in [0.1, 0.15) is 84.9 Å². The summed E-state index contributed by atoms with van der Waals surface area (Å²) >= 11 is 0. The molecule has 0 amide bonds. The van der Waals surface area contributed by atoms with Gasteiger partial charge in [-0.1, -0.05) is 68.4 Å². The number of carbonyl (C=O) groups excluding carboxylic acids is 3. The molecule has 239 valence electrons. The Morgan fingerprint density at radius 2 is 1.62 bits per heavy atom. The van der Waals surface area contributed by atoms with Gasteiger partial charge in [0.15, 0.2) is 0 Å². The number of rotatable bonds is 8. The molecule has 14 heteroatoms. The number of aliphatic carboxylic acids is 2. The number of aliphatic imine (C=N–C) groups is 1. The van der Waals surface area contributed by atoms with Crippen LogP contribution in [-0.2, 0) is 26.7 Å². The van der Waals surface area contributed by atoms with Gasteiger partial charge in [0.05, 0.1) is 5.97 Å². The molecule has 1 radical (unpaired) electrons. The maximum absolute atomic E-state index is 12.5. The van der Waals surface area contributed by atoms with Gasteiger partial charge in [-0.2, -0.15) is 5.70 Å². The summed E-state index contributed by atoms with van der Waals surface area (Å²) in [6, 6.07) is 0. The number of carboxylic acids is 3. The number of fused-ring (bicyclic) bond motifs is 7. The SMILES string of the molecule is C=Cc1c2[n-]c(c1C)C=C1N=C(C(CC(=O)[O-])=c3[n-]c(c(C)c3C(=O)[O-])=CC3=C(CC)C(C)C(=C2)[N-]3)[C@@H](CCC(=O)[O-])[C@H]1C.[Cu+2].[Na+].[Na+].[Na+]. The number of allylic oxidation sites excluding steroid dienone is 3. The zero-order chi connectivity index (χ0) is 32.0. The van der Waals surface area contributed by atoms with Crippen molar-refractivity contribution >= 4 is 53.5 Å². The summed E-state index contributed by atoms with van der Waals surface area (Å²) in [6.45, 7) is 13.4. The van der Waals surface area contributed by atoms with E-state index in [1.165, 1.54) is 0 Å². The van der Waals surface area contributed by atoms with Crippen molar-refractivity contribution in [1.29, 1.82) is 0 Å². The molecule has 5 rings (SSSR count). The van der Waals surface area contributed by atoms with E-state index in [1.807, 2.05) is 33.8 Å². The number of carboxylic acid groups (broad SMARTS) is 3. The minimum atomic E-state index is -1.52. The van der Waals surface area contributed by atoms with Crippen LogP contribution < -0.4 is 125 Å². The third kappa shape index (κ3) is 8.57. The van der Waals surface area contributed by atoms with Gasteiger partial charge in [0.2, 0.25) is 0 Å². The second-order valence-corrected chi connectivity index (χ2v) is 11.5. The zero-order valence-electron chi connectivity index (χ0n) is 28.6. The molecule has 3 aliphatic rings. The van der Waals surface area contributed by atoms with Crippen molar-refractivity contribution in [2.75, 3.05) is 0 Å². The Balaban J connectivity index is 0.00000288. The van der Waals surface area contributed by atoms with E-state index in [9.17, 15) is 29.7 Å². The van der Waals surface area contributed by atoms with Crippen molar-refractivity contribution in [1.82, 2.24) is 9.97 Å². The van der Waals surface area contributed by atoms with Crippen molar-refractivity contribution in [3.05, 3.63) is 78.9 Å². The van der Waals surface area contributed by atoms with Crippen LogP contribution in [0.25, 0.3) is 35.2 Å². The quantitative estimate of drug-likeness (QED) is 0.241. The van der Waals surface area contributed by atoms with Gasteiger partial charge in [-0.15, -0.1) is 27.8 Å². The Hall–Kier alpha value is -1.34. The molecule has 3 atom stereocenters. The molecule has 2 aromatic rings. The first kappa shape index (κ1) is 44.7. The van der Waals surface area contributed by atoms with Crippen molar-refractivity contribution in [3.8, 4) is 0 Å². The van der Waals surface area contributed by atoms with E-state index in [4.69, 9.17) is 15.3 Å². The standard InChI is InChI=1S/C34H36N4O6.Cu.3Na/c1-7-19-15(3)23-12-25-17(5)21(9-10-29(39)40)32(37-25)22(11-30(41)42)33-31(34(43)44)18(6)26(38-33)14-28-20(8-2)16(4)24(36-28)13-27(19)35-23;;;;/h7,12-14,16-17,21H,1,8-11H2,2-6H3,(H4,37,38,39,40,41,42,43,44);;;;/q-2;+2;3*+1/p-4/t16?,17-,21+;;;;/m1..../s1. The van der Waals surface area contributed by atoms with Gasteiger partial charge in [-0.25, -0.2) is 0 Å². The average Bonchev–Trinajstić information content (AvgIpc) is 3.63. The fraction of sp³-hybridized carbons (Fsp3) is 0.353. The van der Waals surface area contributed by atoms with E-state index in [2.05, 4.69) is 11.6 Å². The summed E-state index contributed by atoms with van der Waals surface area (Å²) in [7, 11) is 0. The molecular formula is C34H32CuN4Na3O6-. The zero-order valence-corrected chi connectivity index (χ0v) is 35.6. The summed E-state index contributed by atoms with van der Waals surface area (Å²) in [4.78, 5) is 50.5. The molecule has 1 unspecified atom stereocenters. The van der Waals surface area contributed by atoms with Gasteiger partial charge in [0.1, 0.15) is 0 Å². The first-order valence-corrected chi connectivity index (χ1v) is 14.6. The smallest absolute Gasteiger partial charge is 0.661 e. The summed E-state index contributed by atoms with van der Waals surface area (Å²) in [6.07, 6.45) is 6.97. The monoisotopic (exact) mass is 724 g/mol. The Kier molecular flexibility index (Phi) is 17.0. The van der Waals surface area contributed by atoms with Gasteiger partial charge in [-0.3, -0.25) is 4.99 Å². The topological polar surface area (TPSA) is 175 Å². The predicted molar refractivity (Wildman–Crippen MR) is 160 cm³/mol. The van der Waals surface area contributed by atoms with Gasteiger partial charge >= 0.3 is 106 Å². The number of aromatic carboxylic acids is 1. The first-order chi connectivity index (χ1) is 20.9. The molecule has 0 saturated carbocycles. The molecule has 0 saturated heterocycles. The normalized spacial score (nSPS) is 19.1. The molecule has 8 bridgehead atoms. The number of hydrogen-bond donors (Lipinski definition) is 0. The van der Waals surface area contributed by atoms with Crippen LogP contribution in [0.5, 0.6) is 0 Å². The average molecular weight is 725 g/mol. The minimum absolute atomic E-state index is 0. The van der Waals surface area contributed by atoms with Crippen molar-refractivity contribution in [2.24, 2.45) is 22.7 Å². The third-order valence-corrected chi connectivity index (χ3v) is 8.96. The van der Waals surface area contributed by atoms with Gasteiger partial charge in [0, 0.05) is 41.6 Å².